The van der Waals surface area contributed by atoms with Gasteiger partial charge in [0.15, 0.2) is 5.16 Å². The van der Waals surface area contributed by atoms with Crippen molar-refractivity contribution in [1.82, 2.24) is 14.8 Å². The maximum Gasteiger partial charge on any atom is 0.234 e. The van der Waals surface area contributed by atoms with Gasteiger partial charge < -0.3 is 14.6 Å². The molecule has 2 aromatic carbocycles. The van der Waals surface area contributed by atoms with Crippen LogP contribution in [0.15, 0.2) is 41.6 Å². The van der Waals surface area contributed by atoms with E-state index in [4.69, 9.17) is 16.3 Å². The molecule has 0 atom stereocenters. The first-order valence-corrected chi connectivity index (χ1v) is 11.7. The number of rotatable bonds is 10. The molecular formula is C23H26ClFN4O2S. The molecule has 0 spiro atoms. The average molecular weight is 477 g/mol. The number of aromatic nitrogens is 3. The van der Waals surface area contributed by atoms with Crippen molar-refractivity contribution in [2.45, 2.75) is 44.8 Å². The van der Waals surface area contributed by atoms with Gasteiger partial charge in [0.05, 0.1) is 17.9 Å². The number of aryl methyl sites for hydroxylation is 3. The van der Waals surface area contributed by atoms with Crippen LogP contribution in [-0.2, 0) is 24.2 Å². The molecule has 0 unspecified atom stereocenters. The highest BCUT2D eigenvalue weighted by Gasteiger charge is 2.14. The summed E-state index contributed by atoms with van der Waals surface area (Å²) in [5.74, 6) is 1.22. The van der Waals surface area contributed by atoms with Crippen LogP contribution >= 0.6 is 23.4 Å². The highest BCUT2D eigenvalue weighted by Crippen LogP contribution is 2.22. The molecule has 0 aliphatic heterocycles. The number of hydrogen-bond acceptors (Lipinski definition) is 5. The number of halogens is 2. The van der Waals surface area contributed by atoms with Crippen molar-refractivity contribution in [2.75, 3.05) is 18.2 Å². The predicted molar refractivity (Wildman–Crippen MR) is 126 cm³/mol. The van der Waals surface area contributed by atoms with E-state index in [0.717, 1.165) is 42.9 Å². The van der Waals surface area contributed by atoms with Gasteiger partial charge in [-0.25, -0.2) is 4.39 Å². The van der Waals surface area contributed by atoms with Gasteiger partial charge in [-0.2, -0.15) is 0 Å². The fourth-order valence-corrected chi connectivity index (χ4v) is 4.38. The molecule has 32 heavy (non-hydrogen) atoms. The van der Waals surface area contributed by atoms with Crippen LogP contribution < -0.4 is 10.1 Å². The number of ether oxygens (including phenoxy) is 1. The minimum absolute atomic E-state index is 0.0318. The van der Waals surface area contributed by atoms with Gasteiger partial charge in [0, 0.05) is 18.7 Å². The molecule has 1 N–H and O–H groups in total. The quantitative estimate of drug-likeness (QED) is 0.401. The minimum Gasteiger partial charge on any atom is -0.496 e. The van der Waals surface area contributed by atoms with Crippen LogP contribution in [0.25, 0.3) is 0 Å². The maximum absolute atomic E-state index is 13.3. The van der Waals surface area contributed by atoms with Crippen LogP contribution in [0, 0.1) is 12.7 Å². The van der Waals surface area contributed by atoms with E-state index in [0.29, 0.717) is 10.8 Å². The zero-order chi connectivity index (χ0) is 23.1. The second-order valence-electron chi connectivity index (χ2n) is 7.27. The lowest BCUT2D eigenvalue weighted by molar-refractivity contribution is -0.113. The summed E-state index contributed by atoms with van der Waals surface area (Å²) in [4.78, 5) is 12.3. The van der Waals surface area contributed by atoms with E-state index in [1.54, 1.807) is 7.11 Å². The Balaban J connectivity index is 1.53. The van der Waals surface area contributed by atoms with Gasteiger partial charge in [-0.1, -0.05) is 35.5 Å². The number of nitrogens with one attached hydrogen (secondary N) is 1. The number of anilines is 1. The summed E-state index contributed by atoms with van der Waals surface area (Å²) < 4.78 is 20.6. The molecule has 1 amide bonds. The van der Waals surface area contributed by atoms with E-state index >= 15 is 0 Å². The Hall–Kier alpha value is -2.58. The smallest absolute Gasteiger partial charge is 0.234 e. The molecule has 0 bridgehead atoms. The molecule has 0 aliphatic carbocycles. The van der Waals surface area contributed by atoms with E-state index in [9.17, 15) is 9.18 Å². The Labute approximate surface area is 196 Å². The third kappa shape index (κ3) is 6.23. The molecule has 0 saturated carbocycles. The van der Waals surface area contributed by atoms with Gasteiger partial charge in [-0.15, -0.1) is 10.2 Å². The molecule has 170 valence electrons. The zero-order valence-corrected chi connectivity index (χ0v) is 19.9. The lowest BCUT2D eigenvalue weighted by Crippen LogP contribution is -2.15. The summed E-state index contributed by atoms with van der Waals surface area (Å²) in [5, 5.41) is 12.0. The van der Waals surface area contributed by atoms with E-state index in [2.05, 4.69) is 27.6 Å². The van der Waals surface area contributed by atoms with Gasteiger partial charge in [0.25, 0.3) is 0 Å². The molecule has 0 radical (unpaired) electrons. The van der Waals surface area contributed by atoms with Crippen molar-refractivity contribution in [3.8, 4) is 5.75 Å². The highest BCUT2D eigenvalue weighted by atomic mass is 35.5. The summed E-state index contributed by atoms with van der Waals surface area (Å²) in [6, 6.07) is 10.3. The molecule has 1 aromatic heterocycles. The number of thioether (sulfide) groups is 1. The second-order valence-corrected chi connectivity index (χ2v) is 8.62. The predicted octanol–water partition coefficient (Wildman–Crippen LogP) is 5.31. The Bertz CT molecular complexity index is 1090. The normalized spacial score (nSPS) is 10.9. The Morgan fingerprint density at radius 2 is 2.03 bits per heavy atom. The first kappa shape index (κ1) is 24.1. The van der Waals surface area contributed by atoms with Crippen molar-refractivity contribution in [1.29, 1.82) is 0 Å². The number of carbonyl (C=O) groups excluding carboxylic acids is 1. The number of benzene rings is 2. The van der Waals surface area contributed by atoms with Crippen LogP contribution in [0.5, 0.6) is 5.75 Å². The molecular weight excluding hydrogens is 451 g/mol. The topological polar surface area (TPSA) is 69.0 Å². The molecule has 0 saturated heterocycles. The van der Waals surface area contributed by atoms with Gasteiger partial charge in [-0.05, 0) is 62.1 Å². The van der Waals surface area contributed by atoms with Gasteiger partial charge >= 0.3 is 0 Å². The highest BCUT2D eigenvalue weighted by molar-refractivity contribution is 7.99. The van der Waals surface area contributed by atoms with E-state index in [1.807, 2.05) is 24.5 Å². The molecule has 3 aromatic rings. The van der Waals surface area contributed by atoms with Crippen LogP contribution in [0.1, 0.15) is 30.3 Å². The fourth-order valence-electron chi connectivity index (χ4n) is 3.38. The molecule has 9 heteroatoms. The second kappa shape index (κ2) is 11.3. The summed E-state index contributed by atoms with van der Waals surface area (Å²) in [5.41, 5.74) is 2.84. The van der Waals surface area contributed by atoms with Gasteiger partial charge in [0.2, 0.25) is 5.91 Å². The molecule has 6 nitrogen and oxygen atoms in total. The lowest BCUT2D eigenvalue weighted by atomic mass is 10.0. The van der Waals surface area contributed by atoms with Crippen molar-refractivity contribution < 1.29 is 13.9 Å². The monoisotopic (exact) mass is 476 g/mol. The summed E-state index contributed by atoms with van der Waals surface area (Å²) in [7, 11) is 1.68. The number of nitrogens with zero attached hydrogens (tertiary/aromatic N) is 3. The number of amides is 1. The van der Waals surface area contributed by atoms with Crippen molar-refractivity contribution >= 4 is 35.0 Å². The summed E-state index contributed by atoms with van der Waals surface area (Å²) in [6.45, 7) is 4.80. The van der Waals surface area contributed by atoms with Crippen LogP contribution in [0.3, 0.4) is 0 Å². The Morgan fingerprint density at radius 3 is 2.72 bits per heavy atom. The van der Waals surface area contributed by atoms with E-state index < -0.39 is 5.82 Å². The van der Waals surface area contributed by atoms with Crippen molar-refractivity contribution in [2.24, 2.45) is 0 Å². The zero-order valence-electron chi connectivity index (χ0n) is 18.3. The molecule has 0 aliphatic rings. The third-order valence-electron chi connectivity index (χ3n) is 4.97. The van der Waals surface area contributed by atoms with E-state index in [1.165, 1.54) is 35.5 Å². The fraction of sp³-hybridized carbons (Fsp3) is 0.348. The minimum atomic E-state index is -0.523. The molecule has 1 heterocycles. The largest absolute Gasteiger partial charge is 0.496 e. The maximum atomic E-state index is 13.3. The lowest BCUT2D eigenvalue weighted by Gasteiger charge is -2.09. The Morgan fingerprint density at radius 1 is 1.22 bits per heavy atom. The van der Waals surface area contributed by atoms with Gasteiger partial charge in [-0.3, -0.25) is 4.79 Å². The molecule has 0 fully saturated rings. The first-order valence-electron chi connectivity index (χ1n) is 10.3. The van der Waals surface area contributed by atoms with Crippen LogP contribution in [0.4, 0.5) is 10.1 Å². The summed E-state index contributed by atoms with van der Waals surface area (Å²) >= 11 is 7.08. The SMILES string of the molecule is CCn1c(CCCc2ccc(OC)c(C)c2)nnc1SCC(=O)Nc1ccc(F)c(Cl)c1. The molecule has 3 rings (SSSR count). The number of hydrogen-bond donors (Lipinski definition) is 1. The van der Waals surface area contributed by atoms with Crippen LogP contribution in [-0.4, -0.2) is 33.5 Å². The van der Waals surface area contributed by atoms with Gasteiger partial charge in [0.1, 0.15) is 17.4 Å². The number of methoxy groups -OCH3 is 1. The Kier molecular flexibility index (Phi) is 8.53. The third-order valence-corrected chi connectivity index (χ3v) is 6.23. The van der Waals surface area contributed by atoms with Crippen molar-refractivity contribution in [3.05, 3.63) is 64.2 Å². The standard InChI is InChI=1S/C23H26ClFN4O2S/c1-4-29-21(7-5-6-16-8-11-20(31-3)15(2)12-16)27-28-23(29)32-14-22(30)26-17-9-10-19(25)18(24)13-17/h8-13H,4-7,14H2,1-3H3,(H,26,30). The average Bonchev–Trinajstić information content (AvgIpc) is 3.17. The van der Waals surface area contributed by atoms with E-state index in [-0.39, 0.29) is 16.7 Å². The van der Waals surface area contributed by atoms with Crippen LogP contribution in [0.2, 0.25) is 5.02 Å². The van der Waals surface area contributed by atoms with Crippen molar-refractivity contribution in [3.63, 3.8) is 0 Å². The first-order chi connectivity index (χ1) is 15.4. The summed E-state index contributed by atoms with van der Waals surface area (Å²) in [6.07, 6.45) is 2.68. The number of carbonyl (C=O) groups is 1.